The molecule has 0 saturated heterocycles. The highest BCUT2D eigenvalue weighted by molar-refractivity contribution is 7.85. The quantitative estimate of drug-likeness (QED) is 0.549. The maximum absolute atomic E-state index is 10.6. The van der Waals surface area contributed by atoms with Gasteiger partial charge in [0, 0.05) is 16.9 Å². The summed E-state index contributed by atoms with van der Waals surface area (Å²) in [4.78, 5) is -0.383. The van der Waals surface area contributed by atoms with Gasteiger partial charge >= 0.3 is 0 Å². The Labute approximate surface area is 86.3 Å². The molecule has 1 aromatic carbocycles. The fraction of sp³-hybridized carbons (Fsp3) is 0. The summed E-state index contributed by atoms with van der Waals surface area (Å²) >= 11 is 0. The third kappa shape index (κ3) is 2.05. The molecule has 2 aromatic rings. The SMILES string of the molecule is O=S(=O)([O-])c1co[n+](-c2ccccc2)c1. The van der Waals surface area contributed by atoms with Gasteiger partial charge in [0.1, 0.15) is 10.1 Å². The maximum Gasteiger partial charge on any atom is 0.258 e. The van der Waals surface area contributed by atoms with Crippen LogP contribution in [0.1, 0.15) is 0 Å². The average molecular weight is 225 g/mol. The van der Waals surface area contributed by atoms with Crippen LogP contribution in [0.4, 0.5) is 0 Å². The maximum atomic E-state index is 10.6. The van der Waals surface area contributed by atoms with Gasteiger partial charge in [0.2, 0.25) is 6.20 Å². The molecule has 15 heavy (non-hydrogen) atoms. The number of aromatic nitrogens is 1. The zero-order valence-corrected chi connectivity index (χ0v) is 8.35. The van der Waals surface area contributed by atoms with Crippen LogP contribution in [-0.4, -0.2) is 13.0 Å². The molecule has 0 aliphatic rings. The van der Waals surface area contributed by atoms with Crippen molar-refractivity contribution in [3.8, 4) is 5.69 Å². The second-order valence-corrected chi connectivity index (χ2v) is 4.25. The number of para-hydroxylation sites is 1. The molecule has 2 rings (SSSR count). The van der Waals surface area contributed by atoms with E-state index in [-0.39, 0.29) is 4.90 Å². The summed E-state index contributed by atoms with van der Waals surface area (Å²) in [6.45, 7) is 0. The first-order chi connectivity index (χ1) is 7.07. The molecule has 0 aliphatic heterocycles. The highest BCUT2D eigenvalue weighted by Gasteiger charge is 2.15. The Morgan fingerprint density at radius 1 is 1.20 bits per heavy atom. The molecular weight excluding hydrogens is 218 g/mol. The van der Waals surface area contributed by atoms with E-state index in [1.807, 2.05) is 6.07 Å². The molecule has 6 heteroatoms. The molecule has 0 saturated carbocycles. The lowest BCUT2D eigenvalue weighted by atomic mass is 10.3. The lowest BCUT2D eigenvalue weighted by Gasteiger charge is -1.97. The third-order valence-electron chi connectivity index (χ3n) is 1.83. The number of rotatable bonds is 2. The summed E-state index contributed by atoms with van der Waals surface area (Å²) in [6, 6.07) is 8.82. The van der Waals surface area contributed by atoms with E-state index in [0.29, 0.717) is 5.69 Å². The van der Waals surface area contributed by atoms with Crippen molar-refractivity contribution in [2.24, 2.45) is 0 Å². The molecule has 0 amide bonds. The van der Waals surface area contributed by atoms with Gasteiger partial charge in [-0.3, -0.25) is 0 Å². The standard InChI is InChI=1S/C9H7NO4S/c11-15(12,13)9-6-10(14-7-9)8-4-2-1-3-5-8/h1-7H. The Morgan fingerprint density at radius 2 is 1.87 bits per heavy atom. The van der Waals surface area contributed by atoms with E-state index in [4.69, 9.17) is 4.52 Å². The van der Waals surface area contributed by atoms with Crippen LogP contribution >= 0.6 is 0 Å². The van der Waals surface area contributed by atoms with Gasteiger partial charge in [-0.1, -0.05) is 18.2 Å². The molecule has 0 aliphatic carbocycles. The van der Waals surface area contributed by atoms with E-state index >= 15 is 0 Å². The molecular formula is C9H7NO4S. The molecule has 0 N–H and O–H groups in total. The van der Waals surface area contributed by atoms with Crippen molar-refractivity contribution >= 4 is 10.1 Å². The van der Waals surface area contributed by atoms with E-state index in [2.05, 4.69) is 0 Å². The summed E-state index contributed by atoms with van der Waals surface area (Å²) in [7, 11) is -4.45. The summed E-state index contributed by atoms with van der Waals surface area (Å²) in [5.41, 5.74) is 0.646. The second-order valence-electron chi connectivity index (χ2n) is 2.87. The van der Waals surface area contributed by atoms with Crippen molar-refractivity contribution in [2.75, 3.05) is 0 Å². The molecule has 5 nitrogen and oxygen atoms in total. The molecule has 1 aromatic heterocycles. The fourth-order valence-corrected chi connectivity index (χ4v) is 1.50. The lowest BCUT2D eigenvalue weighted by molar-refractivity contribution is -0.784. The smallest absolute Gasteiger partial charge is 0.258 e. The first kappa shape index (κ1) is 9.88. The minimum absolute atomic E-state index is 0.383. The average Bonchev–Trinajstić information content (AvgIpc) is 2.67. The van der Waals surface area contributed by atoms with Crippen LogP contribution in [0.2, 0.25) is 0 Å². The van der Waals surface area contributed by atoms with Gasteiger partial charge in [-0.15, -0.1) is 0 Å². The van der Waals surface area contributed by atoms with Crippen molar-refractivity contribution in [3.05, 3.63) is 42.8 Å². The molecule has 1 heterocycles. The molecule has 0 unspecified atom stereocenters. The van der Waals surface area contributed by atoms with Crippen molar-refractivity contribution in [3.63, 3.8) is 0 Å². The third-order valence-corrected chi connectivity index (χ3v) is 2.61. The Kier molecular flexibility index (Phi) is 2.29. The highest BCUT2D eigenvalue weighted by atomic mass is 32.2. The topological polar surface area (TPSA) is 74.2 Å². The van der Waals surface area contributed by atoms with Crippen LogP contribution in [0.15, 0.2) is 52.2 Å². The van der Waals surface area contributed by atoms with Crippen molar-refractivity contribution in [1.29, 1.82) is 0 Å². The first-order valence-corrected chi connectivity index (χ1v) is 5.50. The zero-order valence-electron chi connectivity index (χ0n) is 7.53. The molecule has 0 radical (unpaired) electrons. The van der Waals surface area contributed by atoms with Gasteiger partial charge in [-0.05, 0) is 0 Å². The van der Waals surface area contributed by atoms with E-state index < -0.39 is 10.1 Å². The van der Waals surface area contributed by atoms with Crippen LogP contribution < -0.4 is 4.74 Å². The van der Waals surface area contributed by atoms with Gasteiger partial charge < -0.3 is 4.55 Å². The van der Waals surface area contributed by atoms with Crippen molar-refractivity contribution < 1.29 is 22.2 Å². The molecule has 0 fully saturated rings. The van der Waals surface area contributed by atoms with E-state index in [0.717, 1.165) is 12.5 Å². The van der Waals surface area contributed by atoms with E-state index in [1.165, 1.54) is 4.74 Å². The van der Waals surface area contributed by atoms with E-state index in [9.17, 15) is 13.0 Å². The van der Waals surface area contributed by atoms with Gasteiger partial charge in [-0.25, -0.2) is 12.9 Å². The number of nitrogens with zero attached hydrogens (tertiary/aromatic N) is 1. The number of benzene rings is 1. The van der Waals surface area contributed by atoms with Crippen LogP contribution in [0.5, 0.6) is 0 Å². The van der Waals surface area contributed by atoms with Crippen LogP contribution in [-0.2, 0) is 10.1 Å². The summed E-state index contributed by atoms with van der Waals surface area (Å²) < 4.78 is 38.1. The summed E-state index contributed by atoms with van der Waals surface area (Å²) in [5, 5.41) is 0. The highest BCUT2D eigenvalue weighted by Crippen LogP contribution is 2.06. The molecule has 0 spiro atoms. The predicted octanol–water partition coefficient (Wildman–Crippen LogP) is 0.460. The Hall–Kier alpha value is -1.66. The van der Waals surface area contributed by atoms with Crippen molar-refractivity contribution in [2.45, 2.75) is 4.90 Å². The number of hydrogen-bond acceptors (Lipinski definition) is 4. The monoisotopic (exact) mass is 225 g/mol. The molecule has 0 bridgehead atoms. The zero-order chi connectivity index (χ0) is 10.9. The summed E-state index contributed by atoms with van der Waals surface area (Å²) in [5.74, 6) is 0. The molecule has 0 atom stereocenters. The van der Waals surface area contributed by atoms with Crippen molar-refractivity contribution in [1.82, 2.24) is 0 Å². The van der Waals surface area contributed by atoms with Gasteiger partial charge in [0.05, 0.1) is 0 Å². The minimum Gasteiger partial charge on any atom is -0.744 e. The Morgan fingerprint density at radius 3 is 2.40 bits per heavy atom. The normalized spacial score (nSPS) is 11.5. The summed E-state index contributed by atoms with van der Waals surface area (Å²) in [6.07, 6.45) is 2.05. The van der Waals surface area contributed by atoms with Gasteiger partial charge in [0.15, 0.2) is 11.2 Å². The fourth-order valence-electron chi connectivity index (χ4n) is 1.12. The second kappa shape index (κ2) is 3.48. The van der Waals surface area contributed by atoms with Gasteiger partial charge in [0.25, 0.3) is 5.69 Å². The largest absolute Gasteiger partial charge is 0.744 e. The predicted molar refractivity (Wildman–Crippen MR) is 48.2 cm³/mol. The Balaban J connectivity index is 2.46. The number of hydrogen-bond donors (Lipinski definition) is 0. The van der Waals surface area contributed by atoms with Crippen LogP contribution in [0, 0.1) is 0 Å². The first-order valence-electron chi connectivity index (χ1n) is 4.09. The molecule has 78 valence electrons. The minimum atomic E-state index is -4.45. The Bertz CT molecular complexity index is 559. The van der Waals surface area contributed by atoms with Crippen LogP contribution in [0.3, 0.4) is 0 Å². The lowest BCUT2D eigenvalue weighted by Crippen LogP contribution is -2.26. The van der Waals surface area contributed by atoms with Gasteiger partial charge in [-0.2, -0.15) is 0 Å². The van der Waals surface area contributed by atoms with E-state index in [1.54, 1.807) is 24.3 Å². The van der Waals surface area contributed by atoms with Crippen LogP contribution in [0.25, 0.3) is 5.69 Å².